The largest absolute Gasteiger partial charge is 0.344 e. The fourth-order valence-corrected chi connectivity index (χ4v) is 8.33. The Balaban J connectivity index is 1.56. The maximum atomic E-state index is 2.48. The molecule has 4 aromatic carbocycles. The molecule has 1 aromatic heterocycles. The van der Waals surface area contributed by atoms with Gasteiger partial charge in [-0.05, 0) is 50.8 Å². The lowest BCUT2D eigenvalue weighted by molar-refractivity contribution is 1.01. The number of aromatic nitrogens is 1. The van der Waals surface area contributed by atoms with Crippen molar-refractivity contribution in [3.8, 4) is 22.3 Å². The molecule has 29 heavy (non-hydrogen) atoms. The Bertz CT molecular complexity index is 1440. The van der Waals surface area contributed by atoms with Gasteiger partial charge in [0.2, 0.25) is 0 Å². The van der Waals surface area contributed by atoms with E-state index in [2.05, 4.69) is 110 Å². The quantitative estimate of drug-likeness (QED) is 0.319. The van der Waals surface area contributed by atoms with Crippen LogP contribution >= 0.6 is 0 Å². The molecule has 1 aliphatic heterocycles. The lowest BCUT2D eigenvalue weighted by Gasteiger charge is -2.19. The van der Waals surface area contributed by atoms with Gasteiger partial charge in [-0.2, -0.15) is 0 Å². The first-order valence-electron chi connectivity index (χ1n) is 10.3. The first-order valence-corrected chi connectivity index (χ1v) is 13.3. The summed E-state index contributed by atoms with van der Waals surface area (Å²) in [5.74, 6) is 0. The molecule has 0 radical (unpaired) electrons. The summed E-state index contributed by atoms with van der Waals surface area (Å²) in [4.78, 5) is 0. The Morgan fingerprint density at radius 2 is 1.24 bits per heavy atom. The van der Waals surface area contributed by atoms with Crippen molar-refractivity contribution in [2.75, 3.05) is 0 Å². The Morgan fingerprint density at radius 1 is 0.586 bits per heavy atom. The topological polar surface area (TPSA) is 4.93 Å². The molecule has 6 rings (SSSR count). The average molecular weight is 390 g/mol. The van der Waals surface area contributed by atoms with Gasteiger partial charge < -0.3 is 4.57 Å². The van der Waals surface area contributed by atoms with Crippen LogP contribution < -0.4 is 10.4 Å². The van der Waals surface area contributed by atoms with Crippen LogP contribution in [0, 0.1) is 0 Å². The minimum Gasteiger partial charge on any atom is -0.344 e. The molecule has 0 spiro atoms. The Labute approximate surface area is 172 Å². The van der Waals surface area contributed by atoms with Crippen molar-refractivity contribution in [1.29, 1.82) is 0 Å². The van der Waals surface area contributed by atoms with E-state index in [4.69, 9.17) is 0 Å². The van der Waals surface area contributed by atoms with E-state index in [1.54, 1.807) is 10.4 Å². The number of nitrogens with zero attached hydrogens (tertiary/aromatic N) is 1. The van der Waals surface area contributed by atoms with Crippen LogP contribution in [0.4, 0.5) is 0 Å². The summed E-state index contributed by atoms with van der Waals surface area (Å²) in [6, 6.07) is 31.7. The molecule has 2 heteroatoms. The monoisotopic (exact) mass is 389 g/mol. The molecule has 0 unspecified atom stereocenters. The highest BCUT2D eigenvalue weighted by atomic mass is 28.3. The van der Waals surface area contributed by atoms with Gasteiger partial charge in [-0.15, -0.1) is 0 Å². The predicted molar refractivity (Wildman–Crippen MR) is 128 cm³/mol. The van der Waals surface area contributed by atoms with Crippen LogP contribution in [0.2, 0.25) is 13.1 Å². The summed E-state index contributed by atoms with van der Waals surface area (Å²) in [6.07, 6.45) is 0. The molecule has 0 aliphatic carbocycles. The van der Waals surface area contributed by atoms with Crippen molar-refractivity contribution in [1.82, 2.24) is 4.57 Å². The molecule has 0 saturated carbocycles. The number of aryl methyl sites for hydroxylation is 1. The first kappa shape index (κ1) is 16.8. The van der Waals surface area contributed by atoms with Crippen LogP contribution in [0.1, 0.15) is 0 Å². The normalized spacial score (nSPS) is 14.3. The maximum Gasteiger partial charge on any atom is 0.113 e. The van der Waals surface area contributed by atoms with Crippen LogP contribution in [-0.2, 0) is 7.05 Å². The van der Waals surface area contributed by atoms with Gasteiger partial charge in [0, 0.05) is 28.9 Å². The highest BCUT2D eigenvalue weighted by Gasteiger charge is 2.37. The summed E-state index contributed by atoms with van der Waals surface area (Å²) in [7, 11) is 0.515. The molecule has 0 saturated heterocycles. The van der Waals surface area contributed by atoms with Crippen LogP contribution in [0.5, 0.6) is 0 Å². The van der Waals surface area contributed by atoms with E-state index in [9.17, 15) is 0 Å². The third kappa shape index (κ3) is 2.21. The first-order chi connectivity index (χ1) is 14.1. The lowest BCUT2D eigenvalue weighted by Crippen LogP contribution is -2.49. The zero-order valence-electron chi connectivity index (χ0n) is 17.0. The second-order valence-corrected chi connectivity index (χ2v) is 13.1. The Morgan fingerprint density at radius 3 is 2.14 bits per heavy atom. The SMILES string of the molecule is Cn1c2ccccc2c2cc(-c3ccc4c(c3)[Si](C)(C)c3ccccc3-4)ccc21. The van der Waals surface area contributed by atoms with Crippen molar-refractivity contribution in [3.05, 3.63) is 84.9 Å². The van der Waals surface area contributed by atoms with Gasteiger partial charge in [-0.1, -0.05) is 79.8 Å². The van der Waals surface area contributed by atoms with Crippen molar-refractivity contribution < 1.29 is 0 Å². The summed E-state index contributed by atoms with van der Waals surface area (Å²) in [5.41, 5.74) is 8.09. The van der Waals surface area contributed by atoms with Crippen LogP contribution in [0.15, 0.2) is 84.9 Å². The van der Waals surface area contributed by atoms with Gasteiger partial charge in [0.05, 0.1) is 0 Å². The number of fused-ring (bicyclic) bond motifs is 6. The zero-order chi connectivity index (χ0) is 19.8. The highest BCUT2D eigenvalue weighted by Crippen LogP contribution is 2.34. The fraction of sp³-hybridized carbons (Fsp3) is 0.111. The molecule has 0 atom stereocenters. The minimum absolute atomic E-state index is 1.29. The highest BCUT2D eigenvalue weighted by molar-refractivity contribution is 7.03. The third-order valence-electron chi connectivity index (χ3n) is 6.83. The lowest BCUT2D eigenvalue weighted by atomic mass is 9.99. The summed E-state index contributed by atoms with van der Waals surface area (Å²) >= 11 is 0. The van der Waals surface area contributed by atoms with Gasteiger partial charge in [-0.25, -0.2) is 0 Å². The molecular weight excluding hydrogens is 366 g/mol. The van der Waals surface area contributed by atoms with Crippen LogP contribution in [0.25, 0.3) is 44.1 Å². The van der Waals surface area contributed by atoms with E-state index in [0.29, 0.717) is 0 Å². The summed E-state index contributed by atoms with van der Waals surface area (Å²) in [6.45, 7) is 4.96. The number of hydrogen-bond donors (Lipinski definition) is 0. The van der Waals surface area contributed by atoms with E-state index in [-0.39, 0.29) is 0 Å². The second-order valence-electron chi connectivity index (χ2n) is 8.74. The molecule has 0 N–H and O–H groups in total. The van der Waals surface area contributed by atoms with E-state index in [1.165, 1.54) is 44.1 Å². The second kappa shape index (κ2) is 5.71. The van der Waals surface area contributed by atoms with Gasteiger partial charge in [0.1, 0.15) is 8.07 Å². The van der Waals surface area contributed by atoms with Gasteiger partial charge in [-0.3, -0.25) is 0 Å². The van der Waals surface area contributed by atoms with E-state index < -0.39 is 8.07 Å². The van der Waals surface area contributed by atoms with Gasteiger partial charge >= 0.3 is 0 Å². The molecule has 1 nitrogen and oxygen atoms in total. The van der Waals surface area contributed by atoms with Gasteiger partial charge in [0.15, 0.2) is 0 Å². The molecule has 0 fully saturated rings. The molecule has 0 amide bonds. The third-order valence-corrected chi connectivity index (χ3v) is 10.4. The maximum absolute atomic E-state index is 2.48. The van der Waals surface area contributed by atoms with E-state index >= 15 is 0 Å². The predicted octanol–water partition coefficient (Wildman–Crippen LogP) is 5.80. The number of para-hydroxylation sites is 1. The van der Waals surface area contributed by atoms with Crippen molar-refractivity contribution in [2.24, 2.45) is 7.05 Å². The summed E-state index contributed by atoms with van der Waals surface area (Å²) < 4.78 is 2.30. The van der Waals surface area contributed by atoms with Crippen LogP contribution in [0.3, 0.4) is 0 Å². The molecular formula is C27H23NSi. The Kier molecular flexibility index (Phi) is 3.31. The fourth-order valence-electron chi connectivity index (χ4n) is 5.23. The van der Waals surface area contributed by atoms with Crippen LogP contribution in [-0.4, -0.2) is 12.6 Å². The van der Waals surface area contributed by atoms with E-state index in [1.807, 2.05) is 0 Å². The molecule has 1 aliphatic rings. The number of hydrogen-bond acceptors (Lipinski definition) is 0. The average Bonchev–Trinajstić information content (AvgIpc) is 3.17. The van der Waals surface area contributed by atoms with Crippen molar-refractivity contribution >= 4 is 40.3 Å². The Hall–Kier alpha value is -3.10. The minimum atomic E-state index is -1.64. The zero-order valence-corrected chi connectivity index (χ0v) is 18.0. The summed E-state index contributed by atoms with van der Waals surface area (Å²) in [5, 5.41) is 5.79. The standard InChI is InChI=1S/C27H23NSi/c1-28-24-10-6-4-8-20(24)23-16-18(13-15-25(23)28)19-12-14-22-21-9-5-7-11-26(21)29(2,3)27(22)17-19/h4-17H,1-3H3. The number of rotatable bonds is 1. The van der Waals surface area contributed by atoms with Gasteiger partial charge in [0.25, 0.3) is 0 Å². The van der Waals surface area contributed by atoms with Crippen molar-refractivity contribution in [2.45, 2.75) is 13.1 Å². The number of benzene rings is 4. The van der Waals surface area contributed by atoms with Crippen molar-refractivity contribution in [3.63, 3.8) is 0 Å². The molecule has 0 bridgehead atoms. The molecule has 140 valence electrons. The molecule has 5 aromatic rings. The van der Waals surface area contributed by atoms with E-state index in [0.717, 1.165) is 0 Å². The smallest absolute Gasteiger partial charge is 0.113 e. The molecule has 2 heterocycles.